The summed E-state index contributed by atoms with van der Waals surface area (Å²) >= 11 is 0. The van der Waals surface area contributed by atoms with Gasteiger partial charge in [0, 0.05) is 12.8 Å². The van der Waals surface area contributed by atoms with Gasteiger partial charge in [-0.3, -0.25) is 9.89 Å². The standard InChI is InChI=1S/C21H26N4O/c22-24-20(15-23-14-17-5-2-1-3-6-17)16-25-11-9-18(10-12-25)19-7-4-8-21(26)13-19/h1-8,13,15,18,26H,9-12,14,16,22H2. The van der Waals surface area contributed by atoms with Crippen LogP contribution in [0.4, 0.5) is 0 Å². The van der Waals surface area contributed by atoms with Gasteiger partial charge in [-0.15, -0.1) is 0 Å². The molecule has 26 heavy (non-hydrogen) atoms. The minimum Gasteiger partial charge on any atom is -0.508 e. The molecule has 5 heteroatoms. The monoisotopic (exact) mass is 350 g/mol. The van der Waals surface area contributed by atoms with Crippen molar-refractivity contribution in [1.82, 2.24) is 4.90 Å². The van der Waals surface area contributed by atoms with E-state index < -0.39 is 0 Å². The van der Waals surface area contributed by atoms with Crippen molar-refractivity contribution in [3.05, 3.63) is 65.7 Å². The number of phenols is 1. The molecule has 0 bridgehead atoms. The highest BCUT2D eigenvalue weighted by Crippen LogP contribution is 2.29. The summed E-state index contributed by atoms with van der Waals surface area (Å²) < 4.78 is 0. The number of hydrazone groups is 1. The third kappa shape index (κ3) is 5.17. The molecule has 0 atom stereocenters. The summed E-state index contributed by atoms with van der Waals surface area (Å²) in [6.07, 6.45) is 3.93. The van der Waals surface area contributed by atoms with Gasteiger partial charge in [-0.2, -0.15) is 5.10 Å². The molecule has 1 heterocycles. The van der Waals surface area contributed by atoms with Crippen LogP contribution < -0.4 is 5.84 Å². The molecule has 3 rings (SSSR count). The SMILES string of the molecule is NN=C(C=NCc1ccccc1)CN1CCC(c2cccc(O)c2)CC1. The molecule has 1 aliphatic heterocycles. The largest absolute Gasteiger partial charge is 0.508 e. The number of aromatic hydroxyl groups is 1. The second kappa shape index (κ2) is 9.15. The summed E-state index contributed by atoms with van der Waals surface area (Å²) in [5.41, 5.74) is 3.20. The van der Waals surface area contributed by atoms with Crippen molar-refractivity contribution >= 4 is 11.9 Å². The normalized spacial score (nSPS) is 17.0. The van der Waals surface area contributed by atoms with Crippen LogP contribution in [0.2, 0.25) is 0 Å². The van der Waals surface area contributed by atoms with Gasteiger partial charge >= 0.3 is 0 Å². The molecule has 0 spiro atoms. The molecule has 0 amide bonds. The van der Waals surface area contributed by atoms with Crippen LogP contribution in [0.5, 0.6) is 5.75 Å². The van der Waals surface area contributed by atoms with Crippen LogP contribution in [0.1, 0.15) is 29.9 Å². The van der Waals surface area contributed by atoms with Crippen molar-refractivity contribution in [2.75, 3.05) is 19.6 Å². The Morgan fingerprint density at radius 2 is 1.88 bits per heavy atom. The van der Waals surface area contributed by atoms with E-state index in [1.165, 1.54) is 11.1 Å². The lowest BCUT2D eigenvalue weighted by molar-refractivity contribution is 0.239. The van der Waals surface area contributed by atoms with Gasteiger partial charge in [0.15, 0.2) is 0 Å². The first-order valence-corrected chi connectivity index (χ1v) is 9.06. The first kappa shape index (κ1) is 18.1. The fraction of sp³-hybridized carbons (Fsp3) is 0.333. The zero-order valence-electron chi connectivity index (χ0n) is 15.0. The Balaban J connectivity index is 1.48. The van der Waals surface area contributed by atoms with E-state index in [0.29, 0.717) is 18.2 Å². The number of likely N-dealkylation sites (tertiary alicyclic amines) is 1. The van der Waals surface area contributed by atoms with Crippen molar-refractivity contribution in [2.24, 2.45) is 15.9 Å². The number of aliphatic imine (C=N–C) groups is 1. The summed E-state index contributed by atoms with van der Waals surface area (Å²) in [5.74, 6) is 6.39. The van der Waals surface area contributed by atoms with Crippen LogP contribution in [0.3, 0.4) is 0 Å². The van der Waals surface area contributed by atoms with Crippen LogP contribution in [-0.4, -0.2) is 41.6 Å². The molecule has 1 fully saturated rings. The lowest BCUT2D eigenvalue weighted by Crippen LogP contribution is -2.37. The maximum Gasteiger partial charge on any atom is 0.115 e. The molecule has 0 aromatic heterocycles. The summed E-state index contributed by atoms with van der Waals surface area (Å²) in [6, 6.07) is 17.8. The Bertz CT molecular complexity index is 750. The third-order valence-corrected chi connectivity index (χ3v) is 4.84. The molecule has 0 aliphatic carbocycles. The van der Waals surface area contributed by atoms with Crippen LogP contribution in [0.25, 0.3) is 0 Å². The van der Waals surface area contributed by atoms with E-state index in [9.17, 15) is 5.11 Å². The molecule has 0 unspecified atom stereocenters. The van der Waals surface area contributed by atoms with Crippen LogP contribution in [0, 0.1) is 0 Å². The topological polar surface area (TPSA) is 74.2 Å². The Morgan fingerprint density at radius 3 is 2.58 bits per heavy atom. The van der Waals surface area contributed by atoms with Gasteiger partial charge in [-0.25, -0.2) is 0 Å². The minimum absolute atomic E-state index is 0.345. The number of hydrogen-bond acceptors (Lipinski definition) is 5. The van der Waals surface area contributed by atoms with Crippen molar-refractivity contribution in [1.29, 1.82) is 0 Å². The second-order valence-electron chi connectivity index (χ2n) is 6.72. The molecule has 136 valence electrons. The van der Waals surface area contributed by atoms with E-state index in [4.69, 9.17) is 5.84 Å². The third-order valence-electron chi connectivity index (χ3n) is 4.84. The number of piperidine rings is 1. The maximum absolute atomic E-state index is 9.66. The fourth-order valence-electron chi connectivity index (χ4n) is 3.39. The number of nitrogens with zero attached hydrogens (tertiary/aromatic N) is 3. The smallest absolute Gasteiger partial charge is 0.115 e. The quantitative estimate of drug-likeness (QED) is 0.477. The molecular weight excluding hydrogens is 324 g/mol. The molecule has 2 aromatic carbocycles. The molecule has 2 aromatic rings. The van der Waals surface area contributed by atoms with Gasteiger partial charge in [-0.05, 0) is 55.1 Å². The fourth-order valence-corrected chi connectivity index (χ4v) is 3.39. The molecule has 1 aliphatic rings. The zero-order chi connectivity index (χ0) is 18.2. The van der Waals surface area contributed by atoms with Gasteiger partial charge < -0.3 is 10.9 Å². The maximum atomic E-state index is 9.66. The van der Waals surface area contributed by atoms with E-state index in [1.54, 1.807) is 12.3 Å². The van der Waals surface area contributed by atoms with E-state index in [0.717, 1.165) is 38.2 Å². The first-order valence-electron chi connectivity index (χ1n) is 9.06. The highest BCUT2D eigenvalue weighted by Gasteiger charge is 2.21. The number of hydrogen-bond donors (Lipinski definition) is 2. The van der Waals surface area contributed by atoms with Crippen molar-refractivity contribution in [3.8, 4) is 5.75 Å². The predicted octanol–water partition coefficient (Wildman–Crippen LogP) is 3.16. The van der Waals surface area contributed by atoms with Crippen molar-refractivity contribution in [2.45, 2.75) is 25.3 Å². The predicted molar refractivity (Wildman–Crippen MR) is 107 cm³/mol. The summed E-state index contributed by atoms with van der Waals surface area (Å²) in [7, 11) is 0. The summed E-state index contributed by atoms with van der Waals surface area (Å²) in [4.78, 5) is 6.82. The number of rotatable bonds is 6. The van der Waals surface area contributed by atoms with Crippen LogP contribution in [-0.2, 0) is 6.54 Å². The summed E-state index contributed by atoms with van der Waals surface area (Å²) in [6.45, 7) is 3.35. The van der Waals surface area contributed by atoms with E-state index >= 15 is 0 Å². The molecular formula is C21H26N4O. The number of phenolic OH excluding ortho intramolecular Hbond substituents is 1. The van der Waals surface area contributed by atoms with Gasteiger partial charge in [0.25, 0.3) is 0 Å². The number of benzene rings is 2. The molecule has 0 saturated carbocycles. The van der Waals surface area contributed by atoms with Gasteiger partial charge in [-0.1, -0.05) is 42.5 Å². The lowest BCUT2D eigenvalue weighted by atomic mass is 9.89. The first-order chi connectivity index (χ1) is 12.7. The van der Waals surface area contributed by atoms with E-state index in [2.05, 4.69) is 33.2 Å². The lowest BCUT2D eigenvalue weighted by Gasteiger charge is -2.32. The highest BCUT2D eigenvalue weighted by molar-refractivity contribution is 6.31. The Labute approximate surface area is 154 Å². The average molecular weight is 350 g/mol. The van der Waals surface area contributed by atoms with Gasteiger partial charge in [0.2, 0.25) is 0 Å². The minimum atomic E-state index is 0.345. The van der Waals surface area contributed by atoms with Gasteiger partial charge in [0.05, 0.1) is 12.3 Å². The van der Waals surface area contributed by atoms with E-state index in [1.807, 2.05) is 30.3 Å². The van der Waals surface area contributed by atoms with Crippen molar-refractivity contribution in [3.63, 3.8) is 0 Å². The number of nitrogens with two attached hydrogens (primary N) is 1. The van der Waals surface area contributed by atoms with Crippen molar-refractivity contribution < 1.29 is 5.11 Å². The molecule has 3 N–H and O–H groups in total. The van der Waals surface area contributed by atoms with E-state index in [-0.39, 0.29) is 0 Å². The summed E-state index contributed by atoms with van der Waals surface area (Å²) in [5, 5.41) is 13.6. The molecule has 5 nitrogen and oxygen atoms in total. The van der Waals surface area contributed by atoms with Gasteiger partial charge in [0.1, 0.15) is 5.75 Å². The Hall–Kier alpha value is -2.66. The molecule has 1 saturated heterocycles. The Kier molecular flexibility index (Phi) is 6.39. The molecule has 0 radical (unpaired) electrons. The van der Waals surface area contributed by atoms with Crippen LogP contribution in [0.15, 0.2) is 64.7 Å². The highest BCUT2D eigenvalue weighted by atomic mass is 16.3. The average Bonchev–Trinajstić information content (AvgIpc) is 2.68. The Morgan fingerprint density at radius 1 is 1.12 bits per heavy atom. The zero-order valence-corrected chi connectivity index (χ0v) is 15.0. The second-order valence-corrected chi connectivity index (χ2v) is 6.72. The van der Waals surface area contributed by atoms with Crippen LogP contribution >= 0.6 is 0 Å².